The second kappa shape index (κ2) is 6.49. The molecule has 24 heavy (non-hydrogen) atoms. The maximum Gasteiger partial charge on any atom is 0.323 e. The predicted octanol–water partition coefficient (Wildman–Crippen LogP) is 2.76. The molecular weight excluding hydrogens is 308 g/mol. The van der Waals surface area contributed by atoms with Gasteiger partial charge in [-0.15, -0.1) is 0 Å². The fourth-order valence-corrected chi connectivity index (χ4v) is 5.66. The van der Waals surface area contributed by atoms with Crippen LogP contribution in [0.2, 0.25) is 0 Å². The van der Waals surface area contributed by atoms with Gasteiger partial charge < -0.3 is 9.47 Å². The highest BCUT2D eigenvalue weighted by molar-refractivity contribution is 6.03. The highest BCUT2D eigenvalue weighted by Gasteiger charge is 2.67. The van der Waals surface area contributed by atoms with Crippen LogP contribution in [0.3, 0.4) is 0 Å². The monoisotopic (exact) mass is 336 g/mol. The molecule has 0 bridgehead atoms. The number of fused-ring (bicyclic) bond motifs is 3. The Bertz CT molecular complexity index is 522. The van der Waals surface area contributed by atoms with Crippen molar-refractivity contribution in [1.29, 1.82) is 0 Å². The number of ketones is 1. The average molecular weight is 336 g/mol. The van der Waals surface area contributed by atoms with E-state index in [1.54, 1.807) is 13.8 Å². The third kappa shape index (κ3) is 2.39. The van der Waals surface area contributed by atoms with Crippen LogP contribution in [0, 0.1) is 35.0 Å². The Morgan fingerprint density at radius 1 is 1.12 bits per heavy atom. The summed E-state index contributed by atoms with van der Waals surface area (Å²) < 4.78 is 10.6. The fraction of sp³-hybridized carbons (Fsp3) is 0.842. The van der Waals surface area contributed by atoms with Gasteiger partial charge in [0, 0.05) is 11.8 Å². The Labute approximate surface area is 143 Å². The van der Waals surface area contributed by atoms with Gasteiger partial charge in [0.1, 0.15) is 5.78 Å². The Morgan fingerprint density at radius 3 is 2.33 bits per heavy atom. The van der Waals surface area contributed by atoms with E-state index in [4.69, 9.17) is 9.47 Å². The number of carbonyl (C=O) groups is 3. The van der Waals surface area contributed by atoms with Gasteiger partial charge in [0.05, 0.1) is 13.2 Å². The van der Waals surface area contributed by atoms with Crippen LogP contribution in [-0.4, -0.2) is 30.9 Å². The van der Waals surface area contributed by atoms with Crippen LogP contribution in [-0.2, 0) is 23.9 Å². The maximum atomic E-state index is 12.9. The lowest BCUT2D eigenvalue weighted by atomic mass is 9.57. The van der Waals surface area contributed by atoms with E-state index in [9.17, 15) is 14.4 Å². The highest BCUT2D eigenvalue weighted by atomic mass is 16.6. The van der Waals surface area contributed by atoms with Crippen LogP contribution in [0.4, 0.5) is 0 Å². The minimum Gasteiger partial charge on any atom is -0.465 e. The summed E-state index contributed by atoms with van der Waals surface area (Å²) in [6.45, 7) is 5.79. The molecule has 0 N–H and O–H groups in total. The van der Waals surface area contributed by atoms with Gasteiger partial charge in [-0.05, 0) is 50.9 Å². The molecule has 3 aliphatic rings. The van der Waals surface area contributed by atoms with E-state index in [1.807, 2.05) is 6.92 Å². The van der Waals surface area contributed by atoms with Crippen molar-refractivity contribution in [3.63, 3.8) is 0 Å². The number of ether oxygens (including phenoxy) is 2. The van der Waals surface area contributed by atoms with Crippen LogP contribution < -0.4 is 0 Å². The number of Topliss-reactive ketones (excluding diaryl/α,β-unsaturated/α-hetero) is 1. The first-order chi connectivity index (χ1) is 11.5. The molecule has 0 aliphatic heterocycles. The second-order valence-corrected chi connectivity index (χ2v) is 7.64. The molecule has 0 spiro atoms. The van der Waals surface area contributed by atoms with Gasteiger partial charge in [-0.1, -0.05) is 19.8 Å². The maximum absolute atomic E-state index is 12.9. The number of hydrogen-bond acceptors (Lipinski definition) is 5. The first kappa shape index (κ1) is 17.4. The molecule has 5 nitrogen and oxygen atoms in total. The van der Waals surface area contributed by atoms with Gasteiger partial charge in [-0.25, -0.2) is 0 Å². The minimum atomic E-state index is -1.30. The van der Waals surface area contributed by atoms with Crippen LogP contribution >= 0.6 is 0 Å². The van der Waals surface area contributed by atoms with Crippen molar-refractivity contribution in [3.8, 4) is 0 Å². The lowest BCUT2D eigenvalue weighted by Crippen LogP contribution is -2.56. The molecule has 0 aromatic rings. The molecule has 0 aromatic heterocycles. The average Bonchev–Trinajstić information content (AvgIpc) is 3.12. The molecule has 5 heteroatoms. The van der Waals surface area contributed by atoms with Crippen molar-refractivity contribution in [2.24, 2.45) is 35.0 Å². The molecule has 134 valence electrons. The largest absolute Gasteiger partial charge is 0.465 e. The van der Waals surface area contributed by atoms with Crippen molar-refractivity contribution >= 4 is 17.7 Å². The standard InChI is InChI=1S/C19H28O5/c1-4-23-17(21)19(18(22)24-5-2)10-11(3)16(20)15-13-8-6-7-12(13)9-14(15)19/h11-15H,4-10H2,1-3H3/t11-,12-,13-,14+,15-/m0/s1. The summed E-state index contributed by atoms with van der Waals surface area (Å²) in [5.74, 6) is -0.704. The van der Waals surface area contributed by atoms with Crippen LogP contribution in [0.5, 0.6) is 0 Å². The van der Waals surface area contributed by atoms with E-state index in [-0.39, 0.29) is 43.2 Å². The van der Waals surface area contributed by atoms with E-state index < -0.39 is 17.4 Å². The molecule has 5 atom stereocenters. The molecule has 3 aliphatic carbocycles. The van der Waals surface area contributed by atoms with Gasteiger partial charge in [-0.2, -0.15) is 0 Å². The molecular formula is C19H28O5. The molecule has 0 amide bonds. The van der Waals surface area contributed by atoms with Crippen molar-refractivity contribution in [3.05, 3.63) is 0 Å². The summed E-state index contributed by atoms with van der Waals surface area (Å²) >= 11 is 0. The molecule has 0 aromatic carbocycles. The zero-order chi connectivity index (χ0) is 17.5. The predicted molar refractivity (Wildman–Crippen MR) is 86.9 cm³/mol. The topological polar surface area (TPSA) is 69.7 Å². The molecule has 3 saturated carbocycles. The van der Waals surface area contributed by atoms with Gasteiger partial charge in [0.2, 0.25) is 0 Å². The third-order valence-corrected chi connectivity index (χ3v) is 6.52. The Hall–Kier alpha value is -1.39. The molecule has 3 rings (SSSR count). The zero-order valence-corrected chi connectivity index (χ0v) is 14.9. The third-order valence-electron chi connectivity index (χ3n) is 6.52. The van der Waals surface area contributed by atoms with Gasteiger partial charge in [-0.3, -0.25) is 14.4 Å². The first-order valence-corrected chi connectivity index (χ1v) is 9.35. The first-order valence-electron chi connectivity index (χ1n) is 9.35. The lowest BCUT2D eigenvalue weighted by molar-refractivity contribution is -0.184. The van der Waals surface area contributed by atoms with Crippen molar-refractivity contribution in [1.82, 2.24) is 0 Å². The normalized spacial score (nSPS) is 36.8. The minimum absolute atomic E-state index is 0.185. The molecule has 0 saturated heterocycles. The summed E-state index contributed by atoms with van der Waals surface area (Å²) in [4.78, 5) is 38.7. The van der Waals surface area contributed by atoms with Crippen LogP contribution in [0.1, 0.15) is 52.9 Å². The Kier molecular flexibility index (Phi) is 4.71. The Balaban J connectivity index is 2.04. The summed E-state index contributed by atoms with van der Waals surface area (Å²) in [7, 11) is 0. The van der Waals surface area contributed by atoms with E-state index in [0.717, 1.165) is 25.7 Å². The van der Waals surface area contributed by atoms with Crippen LogP contribution in [0.15, 0.2) is 0 Å². The van der Waals surface area contributed by atoms with Crippen molar-refractivity contribution in [2.45, 2.75) is 52.9 Å². The van der Waals surface area contributed by atoms with Gasteiger partial charge in [0.25, 0.3) is 0 Å². The fourth-order valence-electron chi connectivity index (χ4n) is 5.66. The molecule has 0 unspecified atom stereocenters. The molecule has 0 radical (unpaired) electrons. The Morgan fingerprint density at radius 2 is 1.75 bits per heavy atom. The summed E-state index contributed by atoms with van der Waals surface area (Å²) in [5.41, 5.74) is -1.30. The number of esters is 2. The van der Waals surface area contributed by atoms with E-state index >= 15 is 0 Å². The van der Waals surface area contributed by atoms with Crippen LogP contribution in [0.25, 0.3) is 0 Å². The summed E-state index contributed by atoms with van der Waals surface area (Å²) in [5, 5.41) is 0. The van der Waals surface area contributed by atoms with E-state index in [2.05, 4.69) is 0 Å². The molecule has 0 heterocycles. The van der Waals surface area contributed by atoms with Gasteiger partial charge in [0.15, 0.2) is 5.41 Å². The van der Waals surface area contributed by atoms with Gasteiger partial charge >= 0.3 is 11.9 Å². The second-order valence-electron chi connectivity index (χ2n) is 7.64. The highest BCUT2D eigenvalue weighted by Crippen LogP contribution is 2.61. The number of rotatable bonds is 4. The quantitative estimate of drug-likeness (QED) is 0.583. The van der Waals surface area contributed by atoms with Crippen molar-refractivity contribution < 1.29 is 23.9 Å². The number of carbonyl (C=O) groups excluding carboxylic acids is 3. The smallest absolute Gasteiger partial charge is 0.323 e. The SMILES string of the molecule is CCOC(=O)C1(C(=O)OCC)C[C@H](C)C(=O)[C@H]2[C@H]3CCC[C@H]3C[C@H]21. The number of hydrogen-bond donors (Lipinski definition) is 0. The lowest BCUT2D eigenvalue weighted by Gasteiger charge is -2.44. The molecule has 3 fully saturated rings. The summed E-state index contributed by atoms with van der Waals surface area (Å²) in [6.07, 6.45) is 4.27. The zero-order valence-electron chi connectivity index (χ0n) is 14.9. The van der Waals surface area contributed by atoms with E-state index in [1.165, 1.54) is 0 Å². The van der Waals surface area contributed by atoms with E-state index in [0.29, 0.717) is 11.8 Å². The summed E-state index contributed by atoms with van der Waals surface area (Å²) in [6, 6.07) is 0. The van der Waals surface area contributed by atoms with Crippen molar-refractivity contribution in [2.75, 3.05) is 13.2 Å².